The topological polar surface area (TPSA) is 29.3 Å². The van der Waals surface area contributed by atoms with E-state index in [1.165, 1.54) is 25.3 Å². The van der Waals surface area contributed by atoms with E-state index in [2.05, 4.69) is 11.8 Å². The molecule has 0 bridgehead atoms. The van der Waals surface area contributed by atoms with Crippen LogP contribution in [0.3, 0.4) is 0 Å². The van der Waals surface area contributed by atoms with E-state index in [1.807, 2.05) is 6.07 Å². The highest BCUT2D eigenvalue weighted by molar-refractivity contribution is 5.27. The van der Waals surface area contributed by atoms with Crippen molar-refractivity contribution in [3.63, 3.8) is 0 Å². The van der Waals surface area contributed by atoms with Crippen LogP contribution in [0.1, 0.15) is 49.8 Å². The molecule has 112 valence electrons. The van der Waals surface area contributed by atoms with Gasteiger partial charge in [-0.15, -0.1) is 0 Å². The lowest BCUT2D eigenvalue weighted by Gasteiger charge is -2.27. The van der Waals surface area contributed by atoms with Crippen LogP contribution in [0.5, 0.6) is 0 Å². The first kappa shape index (κ1) is 15.4. The molecule has 0 aliphatic carbocycles. The van der Waals surface area contributed by atoms with Crippen LogP contribution in [0.15, 0.2) is 24.3 Å². The Morgan fingerprint density at radius 3 is 2.75 bits per heavy atom. The van der Waals surface area contributed by atoms with Crippen molar-refractivity contribution in [3.05, 3.63) is 35.4 Å². The number of nitrogens with two attached hydrogens (primary N) is 1. The Morgan fingerprint density at radius 1 is 1.35 bits per heavy atom. The minimum Gasteiger partial charge on any atom is -0.329 e. The van der Waals surface area contributed by atoms with E-state index in [-0.39, 0.29) is 11.6 Å². The fourth-order valence-corrected chi connectivity index (χ4v) is 3.19. The summed E-state index contributed by atoms with van der Waals surface area (Å²) in [6, 6.07) is 6.77. The molecular formula is C16H24F2N2. The molecule has 20 heavy (non-hydrogen) atoms. The Balaban J connectivity index is 2.10. The Morgan fingerprint density at radius 2 is 2.10 bits per heavy atom. The van der Waals surface area contributed by atoms with Crippen LogP contribution in [-0.2, 0) is 0 Å². The fourth-order valence-electron chi connectivity index (χ4n) is 3.19. The first-order valence-electron chi connectivity index (χ1n) is 7.47. The third kappa shape index (κ3) is 3.55. The van der Waals surface area contributed by atoms with Gasteiger partial charge in [0.2, 0.25) is 0 Å². The molecule has 1 aromatic carbocycles. The van der Waals surface area contributed by atoms with Gasteiger partial charge in [-0.05, 0) is 36.9 Å². The van der Waals surface area contributed by atoms with E-state index in [9.17, 15) is 8.78 Å². The Hall–Kier alpha value is -1.00. The maximum atomic E-state index is 12.8. The van der Waals surface area contributed by atoms with Crippen molar-refractivity contribution in [2.75, 3.05) is 19.6 Å². The summed E-state index contributed by atoms with van der Waals surface area (Å²) < 4.78 is 25.6. The smallest absolute Gasteiger partial charge is 0.263 e. The van der Waals surface area contributed by atoms with Crippen molar-refractivity contribution in [1.82, 2.24) is 4.90 Å². The van der Waals surface area contributed by atoms with Crippen LogP contribution in [0, 0.1) is 5.92 Å². The highest BCUT2D eigenvalue weighted by atomic mass is 19.3. The molecule has 2 rings (SSSR count). The Bertz CT molecular complexity index is 423. The summed E-state index contributed by atoms with van der Waals surface area (Å²) in [4.78, 5) is 2.35. The van der Waals surface area contributed by atoms with Crippen molar-refractivity contribution in [1.29, 1.82) is 0 Å². The van der Waals surface area contributed by atoms with Crippen molar-refractivity contribution in [2.24, 2.45) is 11.7 Å². The zero-order chi connectivity index (χ0) is 14.5. The molecule has 1 aliphatic rings. The Kier molecular flexibility index (Phi) is 5.49. The minimum absolute atomic E-state index is 0.0653. The monoisotopic (exact) mass is 282 g/mol. The molecule has 2 atom stereocenters. The van der Waals surface area contributed by atoms with Crippen molar-refractivity contribution >= 4 is 0 Å². The number of halogens is 2. The quantitative estimate of drug-likeness (QED) is 0.861. The Labute approximate surface area is 120 Å². The predicted molar refractivity (Wildman–Crippen MR) is 77.8 cm³/mol. The summed E-state index contributed by atoms with van der Waals surface area (Å²) in [6.45, 7) is 4.74. The SMILES string of the molecule is CCCC1CCN(C(CN)c2cccc(C(F)F)c2)C1. The van der Waals surface area contributed by atoms with Crippen LogP contribution in [-0.4, -0.2) is 24.5 Å². The van der Waals surface area contributed by atoms with E-state index >= 15 is 0 Å². The second-order valence-corrected chi connectivity index (χ2v) is 5.66. The van der Waals surface area contributed by atoms with Crippen LogP contribution >= 0.6 is 0 Å². The lowest BCUT2D eigenvalue weighted by Crippen LogP contribution is -2.32. The van der Waals surface area contributed by atoms with Gasteiger partial charge in [0.25, 0.3) is 6.43 Å². The molecule has 1 aliphatic heterocycles. The number of hydrogen-bond donors (Lipinski definition) is 1. The lowest BCUT2D eigenvalue weighted by atomic mass is 10.0. The van der Waals surface area contributed by atoms with Gasteiger partial charge in [0.15, 0.2) is 0 Å². The van der Waals surface area contributed by atoms with Gasteiger partial charge in [-0.25, -0.2) is 8.78 Å². The van der Waals surface area contributed by atoms with Gasteiger partial charge in [-0.3, -0.25) is 4.90 Å². The van der Waals surface area contributed by atoms with Gasteiger partial charge in [0, 0.05) is 24.7 Å². The molecule has 0 spiro atoms. The van der Waals surface area contributed by atoms with Gasteiger partial charge in [0.1, 0.15) is 0 Å². The number of benzene rings is 1. The average Bonchev–Trinajstić information content (AvgIpc) is 2.89. The molecule has 2 unspecified atom stereocenters. The molecule has 0 aromatic heterocycles. The summed E-state index contributed by atoms with van der Waals surface area (Å²) in [7, 11) is 0. The van der Waals surface area contributed by atoms with Gasteiger partial charge < -0.3 is 5.73 Å². The highest BCUT2D eigenvalue weighted by Crippen LogP contribution is 2.30. The first-order chi connectivity index (χ1) is 9.65. The fraction of sp³-hybridized carbons (Fsp3) is 0.625. The molecule has 2 N–H and O–H groups in total. The zero-order valence-corrected chi connectivity index (χ0v) is 12.1. The molecule has 0 saturated carbocycles. The van der Waals surface area contributed by atoms with Gasteiger partial charge in [0.05, 0.1) is 0 Å². The molecule has 1 heterocycles. The van der Waals surface area contributed by atoms with Gasteiger partial charge in [-0.2, -0.15) is 0 Å². The third-order valence-electron chi connectivity index (χ3n) is 4.23. The summed E-state index contributed by atoms with van der Waals surface area (Å²) in [5.74, 6) is 0.729. The second kappa shape index (κ2) is 7.14. The summed E-state index contributed by atoms with van der Waals surface area (Å²) in [6.07, 6.45) is 1.22. The van der Waals surface area contributed by atoms with Crippen molar-refractivity contribution in [2.45, 2.75) is 38.7 Å². The lowest BCUT2D eigenvalue weighted by molar-refractivity contribution is 0.151. The normalized spacial score (nSPS) is 21.6. The molecule has 2 nitrogen and oxygen atoms in total. The van der Waals surface area contributed by atoms with Crippen LogP contribution in [0.4, 0.5) is 8.78 Å². The maximum Gasteiger partial charge on any atom is 0.263 e. The highest BCUT2D eigenvalue weighted by Gasteiger charge is 2.28. The number of rotatable bonds is 6. The molecule has 0 radical (unpaired) electrons. The largest absolute Gasteiger partial charge is 0.329 e. The van der Waals surface area contributed by atoms with Gasteiger partial charge >= 0.3 is 0 Å². The molecular weight excluding hydrogens is 258 g/mol. The molecule has 0 amide bonds. The molecule has 1 fully saturated rings. The standard InChI is InChI=1S/C16H24F2N2/c1-2-4-12-7-8-20(11-12)15(10-19)13-5-3-6-14(9-13)16(17)18/h3,5-6,9,12,15-16H,2,4,7-8,10-11,19H2,1H3. The maximum absolute atomic E-state index is 12.8. The number of hydrogen-bond acceptors (Lipinski definition) is 2. The zero-order valence-electron chi connectivity index (χ0n) is 12.1. The minimum atomic E-state index is -2.42. The molecule has 4 heteroatoms. The van der Waals surface area contributed by atoms with Crippen LogP contribution in [0.25, 0.3) is 0 Å². The van der Waals surface area contributed by atoms with E-state index in [0.29, 0.717) is 6.54 Å². The molecule has 1 aromatic rings. The second-order valence-electron chi connectivity index (χ2n) is 5.66. The van der Waals surface area contributed by atoms with Gasteiger partial charge in [-0.1, -0.05) is 31.5 Å². The van der Waals surface area contributed by atoms with Crippen molar-refractivity contribution in [3.8, 4) is 0 Å². The third-order valence-corrected chi connectivity index (χ3v) is 4.23. The van der Waals surface area contributed by atoms with Crippen LogP contribution in [0.2, 0.25) is 0 Å². The average molecular weight is 282 g/mol. The summed E-state index contributed by atoms with van der Waals surface area (Å²) in [5, 5.41) is 0. The predicted octanol–water partition coefficient (Wildman–Crippen LogP) is 3.75. The number of alkyl halides is 2. The number of likely N-dealkylation sites (tertiary alicyclic amines) is 1. The van der Waals surface area contributed by atoms with E-state index < -0.39 is 6.43 Å². The van der Waals surface area contributed by atoms with E-state index in [1.54, 1.807) is 12.1 Å². The summed E-state index contributed by atoms with van der Waals surface area (Å²) >= 11 is 0. The van der Waals surface area contributed by atoms with Crippen molar-refractivity contribution < 1.29 is 8.78 Å². The van der Waals surface area contributed by atoms with E-state index in [4.69, 9.17) is 5.73 Å². The van der Waals surface area contributed by atoms with Crippen LogP contribution < -0.4 is 5.73 Å². The van der Waals surface area contributed by atoms with E-state index in [0.717, 1.165) is 24.6 Å². The molecule has 1 saturated heterocycles. The first-order valence-corrected chi connectivity index (χ1v) is 7.47. The number of nitrogens with zero attached hydrogens (tertiary/aromatic N) is 1. The summed E-state index contributed by atoms with van der Waals surface area (Å²) in [5.41, 5.74) is 6.91.